The zero-order valence-electron chi connectivity index (χ0n) is 57.3. The van der Waals surface area contributed by atoms with Gasteiger partial charge < -0.3 is 20.1 Å². The van der Waals surface area contributed by atoms with Gasteiger partial charge in [0.05, 0.1) is 5.52 Å². The molecular weight excluding hydrogens is 1950 g/mol. The Kier molecular flexibility index (Phi) is 27.3. The summed E-state index contributed by atoms with van der Waals surface area (Å²) < 4.78 is 1.25. The van der Waals surface area contributed by atoms with Crippen LogP contribution in [0.5, 0.6) is 0 Å². The van der Waals surface area contributed by atoms with E-state index in [1.165, 1.54) is 71.1 Å². The molecule has 14 aromatic rings. The Bertz CT molecular complexity index is 4970. The van der Waals surface area contributed by atoms with Gasteiger partial charge in [-0.25, -0.2) is 11.3 Å². The van der Waals surface area contributed by atoms with Crippen molar-refractivity contribution in [2.75, 3.05) is 0 Å². The van der Waals surface area contributed by atoms with Crippen LogP contribution in [0.4, 0.5) is 0 Å². The van der Waals surface area contributed by atoms with Gasteiger partial charge in [-0.15, -0.1) is 124 Å². The number of para-hydroxylation sites is 1. The molecule has 0 fully saturated rings. The Labute approximate surface area is 642 Å². The number of aromatic nitrogens is 4. The number of hydrogen-bond acceptors (Lipinski definition) is 7. The molecule has 5 aromatic heterocycles. The molecule has 4 radical (unpaired) electrons. The van der Waals surface area contributed by atoms with Crippen LogP contribution in [-0.4, -0.2) is 30.8 Å². The summed E-state index contributed by atoms with van der Waals surface area (Å²) in [6.45, 7) is 22.4. The van der Waals surface area contributed by atoms with E-state index in [1.807, 2.05) is 139 Å². The number of fused-ring (bicyclic) bond motifs is 7. The minimum absolute atomic E-state index is 0. The molecule has 0 saturated carbocycles. The van der Waals surface area contributed by atoms with Crippen LogP contribution in [0.15, 0.2) is 273 Å². The molecule has 99 heavy (non-hydrogen) atoms. The van der Waals surface area contributed by atoms with Crippen molar-refractivity contribution in [3.63, 3.8) is 0 Å². The molecule has 9 aromatic carbocycles. The molecule has 0 unspecified atom stereocenters. The number of carbonyl (C=O) groups is 1. The molecule has 508 valence electrons. The third kappa shape index (κ3) is 19.2. The minimum Gasteiger partial charge on any atom is -0.512 e. The van der Waals surface area contributed by atoms with E-state index in [9.17, 15) is 9.90 Å². The van der Waals surface area contributed by atoms with Gasteiger partial charge in [0.15, 0.2) is 5.78 Å². The summed E-state index contributed by atoms with van der Waals surface area (Å²) in [7, 11) is 0. The van der Waals surface area contributed by atoms with Crippen LogP contribution in [0.25, 0.3) is 109 Å². The summed E-state index contributed by atoms with van der Waals surface area (Å²) in [6, 6.07) is 96.8. The fourth-order valence-corrected chi connectivity index (χ4v) is 12.2. The van der Waals surface area contributed by atoms with Gasteiger partial charge in [0.2, 0.25) is 0 Å². The first-order valence-corrected chi connectivity index (χ1v) is 33.0. The summed E-state index contributed by atoms with van der Waals surface area (Å²) in [5.41, 5.74) is 16.5. The minimum atomic E-state index is -0.417. The molecule has 0 amide bonds. The number of carbonyl (C=O) groups excluding carboxylic acids is 1. The summed E-state index contributed by atoms with van der Waals surface area (Å²) in [6.07, 6.45) is 7.02. The monoisotopic (exact) mass is 2030 g/mol. The van der Waals surface area contributed by atoms with Crippen molar-refractivity contribution in [3.05, 3.63) is 314 Å². The Balaban J connectivity index is 0.000000175. The quantitative estimate of drug-likeness (QED) is 0.101. The van der Waals surface area contributed by atoms with Crippen molar-refractivity contribution < 1.29 is 90.3 Å². The smallest absolute Gasteiger partial charge is 0.164 e. The van der Waals surface area contributed by atoms with Crippen LogP contribution in [0.2, 0.25) is 0 Å². The van der Waals surface area contributed by atoms with Gasteiger partial charge in [0.25, 0.3) is 0 Å². The molecule has 0 atom stereocenters. The van der Waals surface area contributed by atoms with Gasteiger partial charge in [-0.3, -0.25) is 9.78 Å². The zero-order chi connectivity index (χ0) is 66.9. The number of nitrogens with zero attached hydrogens (tertiary/aromatic N) is 4. The van der Waals surface area contributed by atoms with Gasteiger partial charge in [-0.1, -0.05) is 245 Å². The SMILES string of the molecule is CC(C)(C)C(=O)C=C(O)C(C)(C)C.CC(C)(C)c1c[c-]c(-c2nccc3ccccc23)cc1.CC1(C)c2ccccc2-c2c[c-]c(-c3nccc4ccccc34)cc21.[Ir].[Ir].[Ir].[Ir].[c-]1c(-c2ccc(-c3ccccc3)cn2)sc2ccccc12.[c-]1ccccc1-c1ccc2ccccc2n1. The van der Waals surface area contributed by atoms with Crippen molar-refractivity contribution in [2.45, 2.75) is 87.0 Å². The van der Waals surface area contributed by atoms with E-state index in [1.54, 1.807) is 11.3 Å². The Morgan fingerprint density at radius 2 is 1.07 bits per heavy atom. The number of pyridine rings is 4. The van der Waals surface area contributed by atoms with Crippen LogP contribution >= 0.6 is 11.3 Å². The maximum atomic E-state index is 11.5. The van der Waals surface area contributed by atoms with Gasteiger partial charge in [-0.2, -0.15) is 0 Å². The number of aliphatic hydroxyl groups is 1. The average molecular weight is 2020 g/mol. The molecule has 6 nitrogen and oxygen atoms in total. The molecule has 0 aliphatic heterocycles. The van der Waals surface area contributed by atoms with E-state index >= 15 is 0 Å². The van der Waals surface area contributed by atoms with Crippen molar-refractivity contribution in [3.8, 4) is 66.6 Å². The van der Waals surface area contributed by atoms with Crippen LogP contribution < -0.4 is 0 Å². The molecule has 11 heteroatoms. The first kappa shape index (κ1) is 78.5. The number of benzene rings is 9. The molecule has 0 bridgehead atoms. The summed E-state index contributed by atoms with van der Waals surface area (Å²) in [5, 5.41) is 16.7. The van der Waals surface area contributed by atoms with Crippen molar-refractivity contribution >= 4 is 59.7 Å². The van der Waals surface area contributed by atoms with E-state index in [2.05, 4.69) is 243 Å². The van der Waals surface area contributed by atoms with E-state index in [0.29, 0.717) is 0 Å². The second-order valence-corrected chi connectivity index (χ2v) is 28.3. The molecule has 0 saturated heterocycles. The van der Waals surface area contributed by atoms with Crippen molar-refractivity contribution in [2.24, 2.45) is 10.8 Å². The maximum Gasteiger partial charge on any atom is 0.164 e. The summed E-state index contributed by atoms with van der Waals surface area (Å²) in [5.74, 6) is 0.104. The number of thiophene rings is 1. The number of rotatable bonds is 6. The third-order valence-corrected chi connectivity index (χ3v) is 18.0. The molecule has 15 rings (SSSR count). The van der Waals surface area contributed by atoms with Crippen LogP contribution in [-0.2, 0) is 96.0 Å². The van der Waals surface area contributed by atoms with Crippen molar-refractivity contribution in [1.82, 2.24) is 19.9 Å². The second-order valence-electron chi connectivity index (χ2n) is 27.3. The van der Waals surface area contributed by atoms with Crippen LogP contribution in [0.3, 0.4) is 0 Å². The average Bonchev–Trinajstić information content (AvgIpc) is 1.59. The summed E-state index contributed by atoms with van der Waals surface area (Å²) >= 11 is 1.73. The first-order valence-electron chi connectivity index (χ1n) is 32.2. The van der Waals surface area contributed by atoms with E-state index in [-0.39, 0.29) is 108 Å². The van der Waals surface area contributed by atoms with Gasteiger partial charge in [0.1, 0.15) is 5.76 Å². The second kappa shape index (κ2) is 34.5. The number of ketones is 1. The molecule has 1 aliphatic carbocycles. The Morgan fingerprint density at radius 1 is 0.485 bits per heavy atom. The zero-order valence-corrected chi connectivity index (χ0v) is 67.7. The summed E-state index contributed by atoms with van der Waals surface area (Å²) in [4.78, 5) is 31.0. The molecular formula is C88H78Ir4N4O2S-4. The molecule has 1 aliphatic rings. The van der Waals surface area contributed by atoms with E-state index in [4.69, 9.17) is 0 Å². The van der Waals surface area contributed by atoms with Gasteiger partial charge in [0, 0.05) is 122 Å². The number of hydrogen-bond donors (Lipinski definition) is 1. The Morgan fingerprint density at radius 3 is 1.68 bits per heavy atom. The number of aliphatic hydroxyl groups excluding tert-OH is 1. The van der Waals surface area contributed by atoms with Gasteiger partial charge in [-0.05, 0) is 99.3 Å². The predicted molar refractivity (Wildman–Crippen MR) is 398 cm³/mol. The third-order valence-electron chi connectivity index (χ3n) is 16.9. The Hall–Kier alpha value is -7.87. The molecule has 5 heterocycles. The molecule has 1 N–H and O–H groups in total. The molecule has 0 spiro atoms. The van der Waals surface area contributed by atoms with Crippen LogP contribution in [0, 0.1) is 35.1 Å². The normalized spacial score (nSPS) is 11.9. The van der Waals surface area contributed by atoms with E-state index in [0.717, 1.165) is 60.8 Å². The van der Waals surface area contributed by atoms with Crippen molar-refractivity contribution in [1.29, 1.82) is 0 Å². The largest absolute Gasteiger partial charge is 0.512 e. The fourth-order valence-electron chi connectivity index (χ4n) is 11.2. The van der Waals surface area contributed by atoms with Crippen LogP contribution in [0.1, 0.15) is 92.9 Å². The number of allylic oxidation sites excluding steroid dienone is 2. The standard InChI is InChI=1S/C24H18N.C19H12NS.C19H18N.C15H10N.C11H20O2.4Ir/c1-24(2)21-10-6-5-9-19(21)20-12-11-17(15-22(20)24)23-18-8-4-3-7-16(18)13-14-25-23;1-2-6-14(7-3-1)16-10-11-17(20-13-16)19-12-15-8-4-5-9-18(15)21-19;1-19(2,3)16-10-8-15(9-11-16)18-17-7-5-4-6-14(17)12-13-20-18;1-2-6-12(7-3-1)15-11-10-13-8-4-5-9-14(13)16-15;1-10(2,3)8(12)7-9(13)11(4,5)6;;;;/h3-10,12-15H,1-2H3;1-11,13H;4-8,10-13H,1-3H3;1-6,8-11H;7,12H,1-6H3;;;;/q4*-1;;;;;. The van der Waals surface area contributed by atoms with E-state index < -0.39 is 5.41 Å². The first-order chi connectivity index (χ1) is 45.6. The van der Waals surface area contributed by atoms with Gasteiger partial charge >= 0.3 is 0 Å². The fraction of sp³-hybridized carbons (Fsp3) is 0.170. The predicted octanol–water partition coefficient (Wildman–Crippen LogP) is 23.2. The topological polar surface area (TPSA) is 88.9 Å². The maximum absolute atomic E-state index is 11.5.